The van der Waals surface area contributed by atoms with Crippen molar-refractivity contribution in [2.45, 2.75) is 19.2 Å². The standard InChI is InChI=1S/C17H17FN6O3S/c1-22-20-16(21-22)23-6-13-14(7-23)28-15(19-13)11-3-2-9(4-12(11)18)24-5-10(8-25)27-17(24)26/h2-4,10,25H,5-8H2,1H3,(H,20,21). The van der Waals surface area contributed by atoms with Gasteiger partial charge in [-0.1, -0.05) is 0 Å². The van der Waals surface area contributed by atoms with Gasteiger partial charge in [-0.25, -0.2) is 24.1 Å². The first-order chi connectivity index (χ1) is 13.5. The number of aromatic amines is 1. The van der Waals surface area contributed by atoms with Gasteiger partial charge in [0.1, 0.15) is 16.9 Å². The molecule has 2 N–H and O–H groups in total. The zero-order valence-corrected chi connectivity index (χ0v) is 15.7. The summed E-state index contributed by atoms with van der Waals surface area (Å²) in [6.07, 6.45) is -1.17. The Kier molecular flexibility index (Phi) is 3.88. The van der Waals surface area contributed by atoms with Gasteiger partial charge in [-0.2, -0.15) is 0 Å². The second kappa shape index (κ2) is 6.31. The van der Waals surface area contributed by atoms with Crippen molar-refractivity contribution in [1.29, 1.82) is 0 Å². The Bertz CT molecular complexity index is 1020. The summed E-state index contributed by atoms with van der Waals surface area (Å²) in [5.41, 5.74) is 1.73. The van der Waals surface area contributed by atoms with E-state index in [1.165, 1.54) is 22.3 Å². The number of H-pyrrole nitrogens is 1. The molecule has 0 radical (unpaired) electrons. The molecule has 2 aromatic heterocycles. The number of carbonyl (C=O) groups excluding carboxylic acids is 1. The Morgan fingerprint density at radius 1 is 1.43 bits per heavy atom. The normalized spacial score (nSPS) is 18.8. The number of cyclic esters (lactones) is 1. The first-order valence-corrected chi connectivity index (χ1v) is 9.55. The highest BCUT2D eigenvalue weighted by atomic mass is 32.1. The topological polar surface area (TPSA) is 99.5 Å². The lowest BCUT2D eigenvalue weighted by atomic mass is 10.2. The molecule has 3 aromatic rings. The number of nitrogens with one attached hydrogen (secondary N) is 1. The van der Waals surface area contributed by atoms with E-state index in [1.807, 2.05) is 7.05 Å². The highest BCUT2D eigenvalue weighted by molar-refractivity contribution is 7.15. The van der Waals surface area contributed by atoms with Crippen molar-refractivity contribution in [3.05, 3.63) is 34.6 Å². The van der Waals surface area contributed by atoms with Crippen LogP contribution in [0.3, 0.4) is 0 Å². The number of benzene rings is 1. The number of aromatic nitrogens is 4. The number of aliphatic hydroxyl groups excluding tert-OH is 1. The molecule has 11 heteroatoms. The van der Waals surface area contributed by atoms with Crippen LogP contribution in [-0.4, -0.2) is 50.4 Å². The number of halogens is 1. The van der Waals surface area contributed by atoms with Gasteiger partial charge in [0.2, 0.25) is 5.95 Å². The molecule has 1 fully saturated rings. The van der Waals surface area contributed by atoms with Crippen LogP contribution in [0, 0.1) is 5.82 Å². The molecule has 1 amide bonds. The van der Waals surface area contributed by atoms with E-state index in [4.69, 9.17) is 9.84 Å². The number of rotatable bonds is 4. The zero-order valence-electron chi connectivity index (χ0n) is 14.9. The average Bonchev–Trinajstić information content (AvgIpc) is 3.31. The number of ether oxygens (including phenoxy) is 1. The fraction of sp³-hybridized carbons (Fsp3) is 0.353. The molecule has 5 rings (SSSR count). The minimum absolute atomic E-state index is 0.197. The van der Waals surface area contributed by atoms with Gasteiger partial charge in [0, 0.05) is 17.5 Å². The monoisotopic (exact) mass is 404 g/mol. The molecule has 0 saturated carbocycles. The molecule has 1 atom stereocenters. The maximum absolute atomic E-state index is 14.8. The summed E-state index contributed by atoms with van der Waals surface area (Å²) in [5.74, 6) is 0.358. The molecule has 2 aliphatic heterocycles. The molecule has 146 valence electrons. The summed E-state index contributed by atoms with van der Waals surface area (Å²) >= 11 is 1.46. The number of anilines is 2. The number of nitrogens with zero attached hydrogens (tertiary/aromatic N) is 5. The van der Waals surface area contributed by atoms with Crippen LogP contribution in [0.2, 0.25) is 0 Å². The van der Waals surface area contributed by atoms with Crippen molar-refractivity contribution in [1.82, 2.24) is 20.0 Å². The van der Waals surface area contributed by atoms with E-state index in [1.54, 1.807) is 16.9 Å². The minimum Gasteiger partial charge on any atom is -0.441 e. The lowest BCUT2D eigenvalue weighted by molar-refractivity contribution is 0.0963. The first-order valence-electron chi connectivity index (χ1n) is 8.73. The van der Waals surface area contributed by atoms with Gasteiger partial charge < -0.3 is 14.7 Å². The van der Waals surface area contributed by atoms with Gasteiger partial charge in [0.05, 0.1) is 37.6 Å². The molecule has 28 heavy (non-hydrogen) atoms. The summed E-state index contributed by atoms with van der Waals surface area (Å²) in [6.45, 7) is 1.26. The van der Waals surface area contributed by atoms with Crippen LogP contribution in [0.1, 0.15) is 10.6 Å². The number of amides is 1. The molecule has 1 aromatic carbocycles. The van der Waals surface area contributed by atoms with E-state index < -0.39 is 18.0 Å². The van der Waals surface area contributed by atoms with Crippen molar-refractivity contribution in [2.24, 2.45) is 7.05 Å². The lowest BCUT2D eigenvalue weighted by Gasteiger charge is -2.19. The van der Waals surface area contributed by atoms with Crippen molar-refractivity contribution < 1.29 is 19.0 Å². The second-order valence-electron chi connectivity index (χ2n) is 6.77. The molecule has 1 saturated heterocycles. The SMILES string of the molecule is Cn1nc(N2Cc3nc(-c4ccc(N5CC(CO)OC5=O)cc4F)sc3C2)[nH]1. The summed E-state index contributed by atoms with van der Waals surface area (Å²) < 4.78 is 19.8. The third-order valence-corrected chi connectivity index (χ3v) is 5.95. The summed E-state index contributed by atoms with van der Waals surface area (Å²) in [5, 5.41) is 17.1. The zero-order chi connectivity index (χ0) is 19.4. The number of carbonyl (C=O) groups is 1. The summed E-state index contributed by atoms with van der Waals surface area (Å²) in [6, 6.07) is 4.60. The number of fused-ring (bicyclic) bond motifs is 1. The van der Waals surface area contributed by atoms with E-state index >= 15 is 0 Å². The molecule has 0 spiro atoms. The van der Waals surface area contributed by atoms with Crippen LogP contribution in [0.15, 0.2) is 18.2 Å². The van der Waals surface area contributed by atoms with Crippen molar-refractivity contribution in [2.75, 3.05) is 23.0 Å². The molecule has 0 bridgehead atoms. The van der Waals surface area contributed by atoms with Crippen molar-refractivity contribution in [3.8, 4) is 10.6 Å². The molecular weight excluding hydrogens is 387 g/mol. The molecule has 4 heterocycles. The van der Waals surface area contributed by atoms with Crippen LogP contribution >= 0.6 is 11.3 Å². The number of aliphatic hydroxyl groups is 1. The fourth-order valence-corrected chi connectivity index (χ4v) is 4.51. The Hall–Kier alpha value is -2.92. The van der Waals surface area contributed by atoms with Gasteiger partial charge in [-0.15, -0.1) is 16.4 Å². The number of thiazole rings is 1. The van der Waals surface area contributed by atoms with Gasteiger partial charge >= 0.3 is 6.09 Å². The second-order valence-corrected chi connectivity index (χ2v) is 7.85. The summed E-state index contributed by atoms with van der Waals surface area (Å²) in [4.78, 5) is 22.6. The number of aryl methyl sites for hydroxylation is 1. The van der Waals surface area contributed by atoms with Gasteiger partial charge in [-0.3, -0.25) is 4.90 Å². The Labute approximate surface area is 162 Å². The van der Waals surface area contributed by atoms with E-state index in [0.29, 0.717) is 29.3 Å². The van der Waals surface area contributed by atoms with Crippen LogP contribution in [0.5, 0.6) is 0 Å². The fourth-order valence-electron chi connectivity index (χ4n) is 3.40. The number of hydrogen-bond acceptors (Lipinski definition) is 7. The maximum atomic E-state index is 14.8. The minimum atomic E-state index is -0.588. The molecular formula is C17H17FN6O3S. The van der Waals surface area contributed by atoms with E-state index in [9.17, 15) is 9.18 Å². The largest absolute Gasteiger partial charge is 0.441 e. The van der Waals surface area contributed by atoms with Crippen LogP contribution in [-0.2, 0) is 24.9 Å². The molecule has 2 aliphatic rings. The summed E-state index contributed by atoms with van der Waals surface area (Å²) in [7, 11) is 1.82. The molecule has 0 aliphatic carbocycles. The highest BCUT2D eigenvalue weighted by Gasteiger charge is 2.32. The highest BCUT2D eigenvalue weighted by Crippen LogP contribution is 2.37. The third-order valence-electron chi connectivity index (χ3n) is 4.83. The Morgan fingerprint density at radius 3 is 2.89 bits per heavy atom. The van der Waals surface area contributed by atoms with Crippen LogP contribution < -0.4 is 9.80 Å². The van der Waals surface area contributed by atoms with Gasteiger partial charge in [-0.05, 0) is 18.2 Å². The van der Waals surface area contributed by atoms with E-state index in [0.717, 1.165) is 16.5 Å². The third kappa shape index (κ3) is 2.74. The van der Waals surface area contributed by atoms with Crippen LogP contribution in [0.4, 0.5) is 20.8 Å². The average molecular weight is 404 g/mol. The van der Waals surface area contributed by atoms with E-state index in [2.05, 4.69) is 20.1 Å². The van der Waals surface area contributed by atoms with Crippen molar-refractivity contribution in [3.63, 3.8) is 0 Å². The molecule has 1 unspecified atom stereocenters. The van der Waals surface area contributed by atoms with E-state index in [-0.39, 0.29) is 13.2 Å². The predicted molar refractivity (Wildman–Crippen MR) is 99.7 cm³/mol. The maximum Gasteiger partial charge on any atom is 0.414 e. The molecule has 9 nitrogen and oxygen atoms in total. The smallest absolute Gasteiger partial charge is 0.414 e. The Balaban J connectivity index is 1.36. The van der Waals surface area contributed by atoms with Crippen LogP contribution in [0.25, 0.3) is 10.6 Å². The van der Waals surface area contributed by atoms with Gasteiger partial charge in [0.15, 0.2) is 0 Å². The first kappa shape index (κ1) is 17.2. The van der Waals surface area contributed by atoms with Gasteiger partial charge in [0.25, 0.3) is 0 Å². The Morgan fingerprint density at radius 2 is 2.25 bits per heavy atom. The van der Waals surface area contributed by atoms with Crippen molar-refractivity contribution >= 4 is 29.1 Å². The number of hydrogen-bond donors (Lipinski definition) is 2. The quantitative estimate of drug-likeness (QED) is 0.689. The lowest BCUT2D eigenvalue weighted by Crippen LogP contribution is -2.25. The predicted octanol–water partition coefficient (Wildman–Crippen LogP) is 1.85.